The van der Waals surface area contributed by atoms with E-state index in [1.54, 1.807) is 17.3 Å². The molecule has 1 fully saturated rings. The third-order valence-electron chi connectivity index (χ3n) is 3.51. The van der Waals surface area contributed by atoms with Crippen molar-refractivity contribution in [2.24, 2.45) is 11.8 Å². The van der Waals surface area contributed by atoms with Crippen LogP contribution in [0.5, 0.6) is 0 Å². The lowest BCUT2D eigenvalue weighted by atomic mass is 9.80. The molecule has 18 heavy (non-hydrogen) atoms. The Morgan fingerprint density at radius 2 is 2.44 bits per heavy atom. The molecule has 0 aromatic carbocycles. The maximum absolute atomic E-state index is 11.3. The minimum absolute atomic E-state index is 0.153. The lowest BCUT2D eigenvalue weighted by Crippen LogP contribution is -2.32. The zero-order valence-electron chi connectivity index (χ0n) is 10.4. The van der Waals surface area contributed by atoms with Crippen LogP contribution in [0.2, 0.25) is 0 Å². The standard InChI is InChI=1S/C12H18N2O2S2/c1-2-3-8-4-5-9(11(15)16)10(6-8)18-12-14-13-7-17-12/h7-10H,2-6H2,1H3,(H,15,16). The Hall–Kier alpha value is -0.620. The van der Waals surface area contributed by atoms with E-state index in [4.69, 9.17) is 0 Å². The monoisotopic (exact) mass is 286 g/mol. The summed E-state index contributed by atoms with van der Waals surface area (Å²) in [6.07, 6.45) is 5.24. The van der Waals surface area contributed by atoms with E-state index in [0.717, 1.165) is 23.6 Å². The largest absolute Gasteiger partial charge is 0.481 e. The molecule has 0 amide bonds. The highest BCUT2D eigenvalue weighted by atomic mass is 32.2. The number of rotatable bonds is 5. The molecule has 1 heterocycles. The van der Waals surface area contributed by atoms with Crippen molar-refractivity contribution in [3.63, 3.8) is 0 Å². The average Bonchev–Trinajstić information content (AvgIpc) is 2.82. The van der Waals surface area contributed by atoms with Crippen LogP contribution in [-0.4, -0.2) is 26.5 Å². The van der Waals surface area contributed by atoms with Crippen LogP contribution in [0.1, 0.15) is 39.0 Å². The summed E-state index contributed by atoms with van der Waals surface area (Å²) in [7, 11) is 0. The normalized spacial score (nSPS) is 28.2. The summed E-state index contributed by atoms with van der Waals surface area (Å²) in [6, 6.07) is 0. The highest BCUT2D eigenvalue weighted by Gasteiger charge is 2.35. The van der Waals surface area contributed by atoms with Crippen molar-refractivity contribution in [1.82, 2.24) is 10.2 Å². The number of hydrogen-bond acceptors (Lipinski definition) is 5. The minimum Gasteiger partial charge on any atom is -0.481 e. The van der Waals surface area contributed by atoms with Gasteiger partial charge in [0.2, 0.25) is 0 Å². The Balaban J connectivity index is 2.02. The fourth-order valence-corrected chi connectivity index (χ4v) is 4.78. The van der Waals surface area contributed by atoms with Crippen molar-refractivity contribution in [2.75, 3.05) is 0 Å². The number of hydrogen-bond donors (Lipinski definition) is 1. The molecule has 6 heteroatoms. The number of carbonyl (C=O) groups is 1. The van der Waals surface area contributed by atoms with Crippen LogP contribution in [0.3, 0.4) is 0 Å². The molecule has 0 spiro atoms. The molecule has 0 aliphatic heterocycles. The van der Waals surface area contributed by atoms with Gasteiger partial charge in [0, 0.05) is 5.25 Å². The molecule has 0 saturated heterocycles. The Kier molecular flexibility index (Phi) is 5.00. The van der Waals surface area contributed by atoms with E-state index in [-0.39, 0.29) is 11.2 Å². The summed E-state index contributed by atoms with van der Waals surface area (Å²) in [5, 5.41) is 17.3. The molecule has 1 N–H and O–H groups in total. The van der Waals surface area contributed by atoms with Gasteiger partial charge < -0.3 is 5.11 Å². The Morgan fingerprint density at radius 3 is 3.06 bits per heavy atom. The predicted octanol–water partition coefficient (Wildman–Crippen LogP) is 3.30. The van der Waals surface area contributed by atoms with E-state index in [1.165, 1.54) is 24.2 Å². The first kappa shape index (κ1) is 13.8. The second-order valence-corrected chi connectivity index (χ2v) is 7.09. The molecule has 1 aliphatic carbocycles. The van der Waals surface area contributed by atoms with Crippen LogP contribution in [0.15, 0.2) is 9.85 Å². The van der Waals surface area contributed by atoms with Gasteiger partial charge in [0.15, 0.2) is 4.34 Å². The average molecular weight is 286 g/mol. The van der Waals surface area contributed by atoms with Gasteiger partial charge in [-0.1, -0.05) is 42.9 Å². The second kappa shape index (κ2) is 6.52. The summed E-state index contributed by atoms with van der Waals surface area (Å²) in [5.74, 6) is -0.213. The van der Waals surface area contributed by atoms with Crippen LogP contribution in [-0.2, 0) is 4.79 Å². The molecule has 0 radical (unpaired) electrons. The van der Waals surface area contributed by atoms with E-state index in [2.05, 4.69) is 17.1 Å². The topological polar surface area (TPSA) is 63.1 Å². The summed E-state index contributed by atoms with van der Waals surface area (Å²) < 4.78 is 0.892. The quantitative estimate of drug-likeness (QED) is 0.899. The van der Waals surface area contributed by atoms with E-state index in [1.807, 2.05) is 0 Å². The molecule has 1 aromatic heterocycles. The molecule has 1 saturated carbocycles. The van der Waals surface area contributed by atoms with Gasteiger partial charge in [0.1, 0.15) is 5.51 Å². The van der Waals surface area contributed by atoms with Crippen molar-refractivity contribution < 1.29 is 9.90 Å². The Morgan fingerprint density at radius 1 is 1.61 bits per heavy atom. The molecular weight excluding hydrogens is 268 g/mol. The van der Waals surface area contributed by atoms with Gasteiger partial charge in [0.05, 0.1) is 5.92 Å². The first-order chi connectivity index (χ1) is 8.70. The number of carboxylic acid groups (broad SMARTS) is 1. The summed E-state index contributed by atoms with van der Waals surface area (Å²) in [4.78, 5) is 11.3. The number of aliphatic carboxylic acids is 1. The third kappa shape index (κ3) is 3.45. The zero-order valence-corrected chi connectivity index (χ0v) is 12.0. The highest BCUT2D eigenvalue weighted by Crippen LogP contribution is 2.41. The van der Waals surface area contributed by atoms with Gasteiger partial charge in [-0.2, -0.15) is 0 Å². The fraction of sp³-hybridized carbons (Fsp3) is 0.750. The molecule has 4 nitrogen and oxygen atoms in total. The third-order valence-corrected chi connectivity index (χ3v) is 5.67. The highest BCUT2D eigenvalue weighted by molar-refractivity contribution is 8.01. The Bertz CT molecular complexity index is 383. The van der Waals surface area contributed by atoms with Crippen LogP contribution >= 0.6 is 23.1 Å². The first-order valence-corrected chi connectivity index (χ1v) is 8.12. The maximum atomic E-state index is 11.3. The number of thioether (sulfide) groups is 1. The summed E-state index contributed by atoms with van der Waals surface area (Å²) in [5.41, 5.74) is 1.70. The number of aromatic nitrogens is 2. The predicted molar refractivity (Wildman–Crippen MR) is 72.9 cm³/mol. The maximum Gasteiger partial charge on any atom is 0.307 e. The minimum atomic E-state index is -0.660. The number of nitrogens with zero attached hydrogens (tertiary/aromatic N) is 2. The molecule has 0 bridgehead atoms. The van der Waals surface area contributed by atoms with E-state index < -0.39 is 5.97 Å². The van der Waals surface area contributed by atoms with Crippen LogP contribution < -0.4 is 0 Å². The van der Waals surface area contributed by atoms with Crippen LogP contribution in [0.25, 0.3) is 0 Å². The van der Waals surface area contributed by atoms with Crippen molar-refractivity contribution in [2.45, 2.75) is 48.6 Å². The molecule has 1 aliphatic rings. The molecular formula is C12H18N2O2S2. The van der Waals surface area contributed by atoms with Crippen molar-refractivity contribution in [3.8, 4) is 0 Å². The fourth-order valence-electron chi connectivity index (χ4n) is 2.64. The Labute approximate surface area is 115 Å². The van der Waals surface area contributed by atoms with Crippen molar-refractivity contribution in [3.05, 3.63) is 5.51 Å². The van der Waals surface area contributed by atoms with Gasteiger partial charge >= 0.3 is 5.97 Å². The van der Waals surface area contributed by atoms with E-state index >= 15 is 0 Å². The van der Waals surface area contributed by atoms with Gasteiger partial charge in [-0.15, -0.1) is 10.2 Å². The summed E-state index contributed by atoms with van der Waals surface area (Å²) in [6.45, 7) is 2.19. The first-order valence-electron chi connectivity index (χ1n) is 6.36. The lowest BCUT2D eigenvalue weighted by Gasteiger charge is -2.32. The molecule has 2 rings (SSSR count). The van der Waals surface area contributed by atoms with Crippen LogP contribution in [0, 0.1) is 11.8 Å². The van der Waals surface area contributed by atoms with Crippen LogP contribution in [0.4, 0.5) is 0 Å². The van der Waals surface area contributed by atoms with Crippen molar-refractivity contribution >= 4 is 29.1 Å². The number of carboxylic acids is 1. The lowest BCUT2D eigenvalue weighted by molar-refractivity contribution is -0.142. The van der Waals surface area contributed by atoms with Gasteiger partial charge in [-0.3, -0.25) is 4.79 Å². The van der Waals surface area contributed by atoms with Crippen molar-refractivity contribution in [1.29, 1.82) is 0 Å². The van der Waals surface area contributed by atoms with E-state index in [9.17, 15) is 9.90 Å². The smallest absolute Gasteiger partial charge is 0.307 e. The summed E-state index contributed by atoms with van der Waals surface area (Å²) >= 11 is 3.09. The zero-order chi connectivity index (χ0) is 13.0. The SMILES string of the molecule is CCCC1CCC(C(=O)O)C(Sc2nncs2)C1. The molecule has 3 atom stereocenters. The van der Waals surface area contributed by atoms with Gasteiger partial charge in [-0.25, -0.2) is 0 Å². The molecule has 3 unspecified atom stereocenters. The second-order valence-electron chi connectivity index (χ2n) is 4.77. The van der Waals surface area contributed by atoms with E-state index in [0.29, 0.717) is 5.92 Å². The molecule has 100 valence electrons. The molecule has 1 aromatic rings. The van der Waals surface area contributed by atoms with Gasteiger partial charge in [-0.05, 0) is 25.2 Å². The van der Waals surface area contributed by atoms with Gasteiger partial charge in [0.25, 0.3) is 0 Å².